The predicted octanol–water partition coefficient (Wildman–Crippen LogP) is 4.28. The van der Waals surface area contributed by atoms with Gasteiger partial charge in [-0.3, -0.25) is 14.3 Å². The van der Waals surface area contributed by atoms with E-state index in [4.69, 9.17) is 0 Å². The smallest absolute Gasteiger partial charge is 0.263 e. The second kappa shape index (κ2) is 6.99. The van der Waals surface area contributed by atoms with Crippen LogP contribution < -0.4 is 10.9 Å². The molecule has 0 saturated heterocycles. The van der Waals surface area contributed by atoms with E-state index in [2.05, 4.69) is 15.3 Å². The van der Waals surface area contributed by atoms with Crippen LogP contribution in [0.2, 0.25) is 0 Å². The molecule has 0 fully saturated rings. The van der Waals surface area contributed by atoms with E-state index in [0.29, 0.717) is 17.2 Å². The SMILES string of the molecule is CC(c1ccccc1)n1c(Nc2cccnc2)nc2ccc(F)cc2c1=O. The molecule has 0 aliphatic carbocycles. The average Bonchev–Trinajstić information content (AvgIpc) is 2.70. The number of halogens is 1. The first kappa shape index (κ1) is 16.9. The maximum absolute atomic E-state index is 13.7. The molecular weight excluding hydrogens is 343 g/mol. The molecule has 1 N–H and O–H groups in total. The van der Waals surface area contributed by atoms with Gasteiger partial charge in [-0.2, -0.15) is 0 Å². The topological polar surface area (TPSA) is 59.8 Å². The Morgan fingerprint density at radius 2 is 1.89 bits per heavy atom. The highest BCUT2D eigenvalue weighted by atomic mass is 19.1. The molecule has 0 spiro atoms. The van der Waals surface area contributed by atoms with Crippen molar-refractivity contribution in [3.05, 3.63) is 94.8 Å². The van der Waals surface area contributed by atoms with Crippen LogP contribution >= 0.6 is 0 Å². The van der Waals surface area contributed by atoms with Crippen molar-refractivity contribution in [2.45, 2.75) is 13.0 Å². The Hall–Kier alpha value is -3.54. The van der Waals surface area contributed by atoms with Crippen molar-refractivity contribution in [1.29, 1.82) is 0 Å². The van der Waals surface area contributed by atoms with Crippen LogP contribution in [0, 0.1) is 5.82 Å². The minimum absolute atomic E-state index is 0.245. The van der Waals surface area contributed by atoms with Crippen molar-refractivity contribution in [2.24, 2.45) is 0 Å². The van der Waals surface area contributed by atoms with Crippen molar-refractivity contribution in [2.75, 3.05) is 5.32 Å². The molecular formula is C21H17FN4O. The van der Waals surface area contributed by atoms with Crippen LogP contribution in [0.25, 0.3) is 10.9 Å². The summed E-state index contributed by atoms with van der Waals surface area (Å²) < 4.78 is 15.3. The lowest BCUT2D eigenvalue weighted by atomic mass is 10.1. The average molecular weight is 360 g/mol. The Kier molecular flexibility index (Phi) is 4.38. The van der Waals surface area contributed by atoms with Crippen LogP contribution in [0.5, 0.6) is 0 Å². The Balaban J connectivity index is 1.94. The van der Waals surface area contributed by atoms with E-state index in [1.165, 1.54) is 18.2 Å². The van der Waals surface area contributed by atoms with Crippen molar-refractivity contribution >= 4 is 22.5 Å². The lowest BCUT2D eigenvalue weighted by Crippen LogP contribution is -2.27. The van der Waals surface area contributed by atoms with Crippen LogP contribution in [0.4, 0.5) is 16.0 Å². The zero-order chi connectivity index (χ0) is 18.8. The molecule has 27 heavy (non-hydrogen) atoms. The highest BCUT2D eigenvalue weighted by molar-refractivity contribution is 5.79. The molecule has 4 aromatic rings. The number of fused-ring (bicyclic) bond motifs is 1. The van der Waals surface area contributed by atoms with Crippen molar-refractivity contribution < 1.29 is 4.39 Å². The molecule has 0 bridgehead atoms. The lowest BCUT2D eigenvalue weighted by Gasteiger charge is -2.21. The third-order valence-corrected chi connectivity index (χ3v) is 4.45. The number of anilines is 2. The number of nitrogens with zero attached hydrogens (tertiary/aromatic N) is 3. The van der Waals surface area contributed by atoms with Gasteiger partial charge < -0.3 is 5.32 Å². The number of nitrogens with one attached hydrogen (secondary N) is 1. The fourth-order valence-corrected chi connectivity index (χ4v) is 3.06. The van der Waals surface area contributed by atoms with E-state index in [1.807, 2.05) is 43.3 Å². The Labute approximate surface area is 155 Å². The molecule has 0 aliphatic heterocycles. The van der Waals surface area contributed by atoms with Gasteiger partial charge in [-0.25, -0.2) is 9.37 Å². The van der Waals surface area contributed by atoms with E-state index >= 15 is 0 Å². The molecule has 2 heterocycles. The molecule has 2 aromatic carbocycles. The third-order valence-electron chi connectivity index (χ3n) is 4.45. The summed E-state index contributed by atoms with van der Waals surface area (Å²) in [5.41, 5.74) is 1.79. The van der Waals surface area contributed by atoms with Crippen LogP contribution in [-0.4, -0.2) is 14.5 Å². The van der Waals surface area contributed by atoms with E-state index in [1.54, 1.807) is 23.0 Å². The monoisotopic (exact) mass is 360 g/mol. The van der Waals surface area contributed by atoms with Crippen molar-refractivity contribution in [3.63, 3.8) is 0 Å². The number of aromatic nitrogens is 3. The maximum Gasteiger partial charge on any atom is 0.263 e. The van der Waals surface area contributed by atoms with E-state index < -0.39 is 5.82 Å². The first-order chi connectivity index (χ1) is 13.1. The summed E-state index contributed by atoms with van der Waals surface area (Å²) >= 11 is 0. The number of benzene rings is 2. The van der Waals surface area contributed by atoms with E-state index in [0.717, 1.165) is 5.56 Å². The number of hydrogen-bond donors (Lipinski definition) is 1. The van der Waals surface area contributed by atoms with Gasteiger partial charge in [0.25, 0.3) is 5.56 Å². The number of hydrogen-bond acceptors (Lipinski definition) is 4. The summed E-state index contributed by atoms with van der Waals surface area (Å²) in [6.45, 7) is 1.91. The van der Waals surface area contributed by atoms with Crippen LogP contribution in [0.3, 0.4) is 0 Å². The summed E-state index contributed by atoms with van der Waals surface area (Å²) in [4.78, 5) is 21.9. The van der Waals surface area contributed by atoms with Crippen LogP contribution in [0.15, 0.2) is 77.9 Å². The first-order valence-corrected chi connectivity index (χ1v) is 8.57. The standard InChI is InChI=1S/C21H17FN4O/c1-14(15-6-3-2-4-7-15)26-20(27)18-12-16(22)9-10-19(18)25-21(26)24-17-8-5-11-23-13-17/h2-14H,1H3,(H,24,25). The van der Waals surface area contributed by atoms with Gasteiger partial charge in [0.15, 0.2) is 0 Å². The zero-order valence-electron chi connectivity index (χ0n) is 14.6. The zero-order valence-corrected chi connectivity index (χ0v) is 14.6. The van der Waals surface area contributed by atoms with Crippen LogP contribution in [-0.2, 0) is 0 Å². The van der Waals surface area contributed by atoms with Gasteiger partial charge in [-0.15, -0.1) is 0 Å². The highest BCUT2D eigenvalue weighted by Crippen LogP contribution is 2.23. The van der Waals surface area contributed by atoms with Crippen molar-refractivity contribution in [3.8, 4) is 0 Å². The molecule has 0 aliphatic rings. The third kappa shape index (κ3) is 3.29. The van der Waals surface area contributed by atoms with Gasteiger partial charge in [-0.05, 0) is 42.8 Å². The molecule has 5 nitrogen and oxygen atoms in total. The molecule has 134 valence electrons. The van der Waals surface area contributed by atoms with E-state index in [9.17, 15) is 9.18 Å². The molecule has 0 amide bonds. The van der Waals surface area contributed by atoms with Crippen LogP contribution in [0.1, 0.15) is 18.5 Å². The van der Waals surface area contributed by atoms with Gasteiger partial charge in [0.2, 0.25) is 5.95 Å². The van der Waals surface area contributed by atoms with Gasteiger partial charge in [-0.1, -0.05) is 30.3 Å². The fraction of sp³-hybridized carbons (Fsp3) is 0.0952. The quantitative estimate of drug-likeness (QED) is 0.590. The maximum atomic E-state index is 13.7. The largest absolute Gasteiger partial charge is 0.324 e. The summed E-state index contributed by atoms with van der Waals surface area (Å²) in [6, 6.07) is 17.0. The van der Waals surface area contributed by atoms with E-state index in [-0.39, 0.29) is 17.0 Å². The molecule has 4 rings (SSSR count). The summed E-state index contributed by atoms with van der Waals surface area (Å²) in [7, 11) is 0. The molecule has 0 saturated carbocycles. The minimum atomic E-state index is -0.465. The first-order valence-electron chi connectivity index (χ1n) is 8.57. The normalized spacial score (nSPS) is 12.1. The van der Waals surface area contributed by atoms with Gasteiger partial charge in [0.1, 0.15) is 5.82 Å². The Morgan fingerprint density at radius 3 is 2.63 bits per heavy atom. The number of rotatable bonds is 4. The highest BCUT2D eigenvalue weighted by Gasteiger charge is 2.18. The molecule has 6 heteroatoms. The second-order valence-corrected chi connectivity index (χ2v) is 6.23. The van der Waals surface area contributed by atoms with Gasteiger partial charge in [0, 0.05) is 6.20 Å². The summed E-state index contributed by atoms with van der Waals surface area (Å²) in [6.07, 6.45) is 3.32. The minimum Gasteiger partial charge on any atom is -0.324 e. The summed E-state index contributed by atoms with van der Waals surface area (Å²) in [5, 5.41) is 3.41. The Morgan fingerprint density at radius 1 is 1.07 bits per heavy atom. The van der Waals surface area contributed by atoms with Crippen molar-refractivity contribution in [1.82, 2.24) is 14.5 Å². The molecule has 1 unspecified atom stereocenters. The lowest BCUT2D eigenvalue weighted by molar-refractivity contribution is 0.614. The summed E-state index contributed by atoms with van der Waals surface area (Å²) in [5.74, 6) is -0.0863. The van der Waals surface area contributed by atoms with Gasteiger partial charge in [0.05, 0.1) is 28.8 Å². The number of pyridine rings is 1. The fourth-order valence-electron chi connectivity index (χ4n) is 3.06. The molecule has 0 radical (unpaired) electrons. The molecule has 2 aromatic heterocycles. The Bertz CT molecular complexity index is 1140. The predicted molar refractivity (Wildman–Crippen MR) is 104 cm³/mol. The second-order valence-electron chi connectivity index (χ2n) is 6.23. The molecule has 1 atom stereocenters. The van der Waals surface area contributed by atoms with Gasteiger partial charge >= 0.3 is 0 Å².